The summed E-state index contributed by atoms with van der Waals surface area (Å²) < 4.78 is 13.1. The zero-order valence-corrected chi connectivity index (χ0v) is 15.1. The van der Waals surface area contributed by atoms with E-state index in [2.05, 4.69) is 4.98 Å². The number of nitrogens with zero attached hydrogens (tertiary/aromatic N) is 2. The summed E-state index contributed by atoms with van der Waals surface area (Å²) in [5, 5.41) is 9.20. The van der Waals surface area contributed by atoms with E-state index in [0.717, 1.165) is 11.1 Å². The molecule has 1 fully saturated rings. The molecule has 0 unspecified atom stereocenters. The van der Waals surface area contributed by atoms with E-state index in [4.69, 9.17) is 0 Å². The lowest BCUT2D eigenvalue weighted by Crippen LogP contribution is -2.36. The second-order valence-electron chi connectivity index (χ2n) is 7.04. The number of rotatable bonds is 7. The predicted molar refractivity (Wildman–Crippen MR) is 98.2 cm³/mol. The van der Waals surface area contributed by atoms with E-state index < -0.39 is 11.9 Å². The number of halogens is 1. The summed E-state index contributed by atoms with van der Waals surface area (Å²) in [6.45, 7) is 0.926. The van der Waals surface area contributed by atoms with Gasteiger partial charge in [-0.25, -0.2) is 4.39 Å². The summed E-state index contributed by atoms with van der Waals surface area (Å²) >= 11 is 0. The molecule has 2 aromatic rings. The number of hydrogen-bond acceptors (Lipinski definition) is 3. The Hall–Kier alpha value is -2.76. The predicted octanol–water partition coefficient (Wildman–Crippen LogP) is 3.29. The molecule has 0 aliphatic heterocycles. The lowest BCUT2D eigenvalue weighted by Gasteiger charge is -2.26. The minimum absolute atomic E-state index is 0.00952. The summed E-state index contributed by atoms with van der Waals surface area (Å²) in [6, 6.07) is 10.0. The zero-order valence-electron chi connectivity index (χ0n) is 15.1. The monoisotopic (exact) mass is 370 g/mol. The van der Waals surface area contributed by atoms with Crippen molar-refractivity contribution in [3.05, 3.63) is 65.7 Å². The summed E-state index contributed by atoms with van der Waals surface area (Å²) in [4.78, 5) is 30.1. The Labute approximate surface area is 157 Å². The highest BCUT2D eigenvalue weighted by atomic mass is 19.1. The molecule has 1 aliphatic rings. The maximum absolute atomic E-state index is 13.1. The Kier molecular flexibility index (Phi) is 6.16. The first-order valence-corrected chi connectivity index (χ1v) is 9.18. The van der Waals surface area contributed by atoms with Crippen LogP contribution in [0.2, 0.25) is 0 Å². The Balaban J connectivity index is 1.69. The molecule has 1 heterocycles. The van der Waals surface area contributed by atoms with Gasteiger partial charge in [0.25, 0.3) is 0 Å². The van der Waals surface area contributed by atoms with Gasteiger partial charge in [0.15, 0.2) is 0 Å². The molecule has 6 heteroatoms. The van der Waals surface area contributed by atoms with Gasteiger partial charge in [-0.2, -0.15) is 0 Å². The summed E-state index contributed by atoms with van der Waals surface area (Å²) in [7, 11) is 0. The Morgan fingerprint density at radius 1 is 1.11 bits per heavy atom. The number of carboxylic acids is 1. The highest BCUT2D eigenvalue weighted by Gasteiger charge is 2.35. The van der Waals surface area contributed by atoms with E-state index in [0.29, 0.717) is 38.8 Å². The van der Waals surface area contributed by atoms with Crippen LogP contribution in [0, 0.1) is 17.7 Å². The van der Waals surface area contributed by atoms with E-state index >= 15 is 0 Å². The molecular formula is C21H23FN2O3. The number of pyridine rings is 1. The summed E-state index contributed by atoms with van der Waals surface area (Å²) in [5.41, 5.74) is 1.88. The molecule has 142 valence electrons. The number of carbonyl (C=O) groups is 2. The molecule has 0 bridgehead atoms. The number of aliphatic carboxylic acids is 1. The summed E-state index contributed by atoms with van der Waals surface area (Å²) in [6.07, 6.45) is 5.57. The third kappa shape index (κ3) is 5.12. The highest BCUT2D eigenvalue weighted by Crippen LogP contribution is 2.32. The third-order valence-corrected chi connectivity index (χ3v) is 5.12. The van der Waals surface area contributed by atoms with Crippen LogP contribution in [0.15, 0.2) is 48.8 Å². The maximum atomic E-state index is 13.1. The van der Waals surface area contributed by atoms with Gasteiger partial charge in [-0.05, 0) is 55.0 Å². The van der Waals surface area contributed by atoms with Crippen molar-refractivity contribution in [1.82, 2.24) is 9.88 Å². The topological polar surface area (TPSA) is 70.5 Å². The molecule has 1 aliphatic carbocycles. The van der Waals surface area contributed by atoms with Crippen LogP contribution < -0.4 is 0 Å². The van der Waals surface area contributed by atoms with Gasteiger partial charge in [-0.3, -0.25) is 14.6 Å². The molecule has 0 spiro atoms. The first-order chi connectivity index (χ1) is 13.0. The Morgan fingerprint density at radius 3 is 2.48 bits per heavy atom. The standard InChI is InChI=1S/C21H23FN2O3/c22-19-7-3-15(4-8-19)9-11-24(14-16-2-1-10-23-13-16)20(25)17-5-6-18(12-17)21(26)27/h1-4,7-8,10,13,17-18H,5-6,9,11-12,14H2,(H,26,27)/t17-,18+/m0/s1. The lowest BCUT2D eigenvalue weighted by atomic mass is 10.0. The third-order valence-electron chi connectivity index (χ3n) is 5.12. The van der Waals surface area contributed by atoms with Crippen LogP contribution in [0.4, 0.5) is 4.39 Å². The molecule has 1 saturated carbocycles. The van der Waals surface area contributed by atoms with Crippen LogP contribution >= 0.6 is 0 Å². The van der Waals surface area contributed by atoms with Gasteiger partial charge >= 0.3 is 5.97 Å². The van der Waals surface area contributed by atoms with Crippen molar-refractivity contribution in [2.24, 2.45) is 11.8 Å². The van der Waals surface area contributed by atoms with E-state index in [1.165, 1.54) is 12.1 Å². The average Bonchev–Trinajstić information content (AvgIpc) is 3.17. The molecule has 1 N–H and O–H groups in total. The Bertz CT molecular complexity index is 780. The van der Waals surface area contributed by atoms with Gasteiger partial charge in [0.2, 0.25) is 5.91 Å². The fourth-order valence-corrected chi connectivity index (χ4v) is 3.58. The van der Waals surface area contributed by atoms with Crippen LogP contribution in [-0.4, -0.2) is 33.4 Å². The van der Waals surface area contributed by atoms with Crippen molar-refractivity contribution in [1.29, 1.82) is 0 Å². The number of benzene rings is 1. The Morgan fingerprint density at radius 2 is 1.85 bits per heavy atom. The lowest BCUT2D eigenvalue weighted by molar-refractivity contribution is -0.141. The van der Waals surface area contributed by atoms with E-state index in [-0.39, 0.29) is 17.6 Å². The van der Waals surface area contributed by atoms with Crippen molar-refractivity contribution in [3.8, 4) is 0 Å². The first-order valence-electron chi connectivity index (χ1n) is 9.18. The van der Waals surface area contributed by atoms with Crippen molar-refractivity contribution >= 4 is 11.9 Å². The van der Waals surface area contributed by atoms with Crippen molar-refractivity contribution in [3.63, 3.8) is 0 Å². The van der Waals surface area contributed by atoms with E-state index in [1.807, 2.05) is 12.1 Å². The number of carbonyl (C=O) groups excluding carboxylic acids is 1. The second kappa shape index (κ2) is 8.75. The molecule has 0 saturated heterocycles. The average molecular weight is 370 g/mol. The molecule has 3 rings (SSSR count). The van der Waals surface area contributed by atoms with Crippen molar-refractivity contribution < 1.29 is 19.1 Å². The maximum Gasteiger partial charge on any atom is 0.306 e. The van der Waals surface area contributed by atoms with E-state index in [9.17, 15) is 19.1 Å². The quantitative estimate of drug-likeness (QED) is 0.812. The molecule has 0 radical (unpaired) electrons. The van der Waals surface area contributed by atoms with E-state index in [1.54, 1.807) is 29.4 Å². The smallest absolute Gasteiger partial charge is 0.306 e. The molecule has 2 atom stereocenters. The largest absolute Gasteiger partial charge is 0.481 e. The van der Waals surface area contributed by atoms with Gasteiger partial charge in [-0.1, -0.05) is 18.2 Å². The van der Waals surface area contributed by atoms with Gasteiger partial charge in [0.1, 0.15) is 5.82 Å². The van der Waals surface area contributed by atoms with Gasteiger partial charge in [-0.15, -0.1) is 0 Å². The van der Waals surface area contributed by atoms with Gasteiger partial charge in [0.05, 0.1) is 5.92 Å². The normalized spacial score (nSPS) is 19.0. The fourth-order valence-electron chi connectivity index (χ4n) is 3.58. The number of amides is 1. The zero-order chi connectivity index (χ0) is 19.2. The summed E-state index contributed by atoms with van der Waals surface area (Å²) in [5.74, 6) is -1.81. The first kappa shape index (κ1) is 19.0. The van der Waals surface area contributed by atoms with Crippen LogP contribution in [0.5, 0.6) is 0 Å². The number of carboxylic acid groups (broad SMARTS) is 1. The minimum atomic E-state index is -0.824. The van der Waals surface area contributed by atoms with Crippen LogP contribution in [0.1, 0.15) is 30.4 Å². The van der Waals surface area contributed by atoms with Crippen LogP contribution in [-0.2, 0) is 22.6 Å². The molecule has 5 nitrogen and oxygen atoms in total. The van der Waals surface area contributed by atoms with Gasteiger partial charge in [0, 0.05) is 31.4 Å². The minimum Gasteiger partial charge on any atom is -0.481 e. The van der Waals surface area contributed by atoms with Crippen molar-refractivity contribution in [2.75, 3.05) is 6.54 Å². The van der Waals surface area contributed by atoms with Crippen LogP contribution in [0.3, 0.4) is 0 Å². The molecule has 27 heavy (non-hydrogen) atoms. The van der Waals surface area contributed by atoms with Crippen LogP contribution in [0.25, 0.3) is 0 Å². The second-order valence-corrected chi connectivity index (χ2v) is 7.04. The fraction of sp³-hybridized carbons (Fsp3) is 0.381. The highest BCUT2D eigenvalue weighted by molar-refractivity contribution is 5.81. The molecule has 1 aromatic heterocycles. The molecular weight excluding hydrogens is 347 g/mol. The van der Waals surface area contributed by atoms with Crippen molar-refractivity contribution in [2.45, 2.75) is 32.2 Å². The SMILES string of the molecule is O=C(O)[C@@H]1CC[C@H](C(=O)N(CCc2ccc(F)cc2)Cc2cccnc2)C1. The van der Waals surface area contributed by atoms with Gasteiger partial charge < -0.3 is 10.0 Å². The number of hydrogen-bond donors (Lipinski definition) is 1. The molecule has 1 amide bonds. The molecule has 1 aromatic carbocycles. The number of aromatic nitrogens is 1.